The van der Waals surface area contributed by atoms with Crippen LogP contribution >= 0.6 is 0 Å². The smallest absolute Gasteiger partial charge is 0.306 e. The molecule has 0 aromatic heterocycles. The first kappa shape index (κ1) is 14.8. The van der Waals surface area contributed by atoms with Crippen LogP contribution in [0.1, 0.15) is 46.5 Å². The number of aliphatic carboxylic acids is 1. The Hall–Kier alpha value is -0.650. The number of hydrogen-bond donors (Lipinski definition) is 1. The molecule has 0 bridgehead atoms. The van der Waals surface area contributed by atoms with Gasteiger partial charge in [-0.05, 0) is 40.2 Å². The van der Waals surface area contributed by atoms with Gasteiger partial charge in [0.15, 0.2) is 5.79 Å². The SMILES string of the molecule is CC(C)N1CCCC1CC1(C)OCC(CC(=O)O)O1. The van der Waals surface area contributed by atoms with Crippen molar-refractivity contribution >= 4 is 5.97 Å². The van der Waals surface area contributed by atoms with Gasteiger partial charge in [0.25, 0.3) is 0 Å². The summed E-state index contributed by atoms with van der Waals surface area (Å²) in [5.74, 6) is -1.45. The van der Waals surface area contributed by atoms with E-state index in [1.165, 1.54) is 12.8 Å². The third-order valence-electron chi connectivity index (χ3n) is 4.09. The highest BCUT2D eigenvalue weighted by molar-refractivity contribution is 5.67. The molecule has 5 heteroatoms. The van der Waals surface area contributed by atoms with Crippen molar-refractivity contribution in [2.24, 2.45) is 0 Å². The number of nitrogens with zero attached hydrogens (tertiary/aromatic N) is 1. The summed E-state index contributed by atoms with van der Waals surface area (Å²) in [5, 5.41) is 8.80. The van der Waals surface area contributed by atoms with Crippen LogP contribution in [0.25, 0.3) is 0 Å². The van der Waals surface area contributed by atoms with Crippen molar-refractivity contribution in [2.45, 2.75) is 70.4 Å². The van der Waals surface area contributed by atoms with Gasteiger partial charge in [0, 0.05) is 18.5 Å². The van der Waals surface area contributed by atoms with Crippen LogP contribution in [0.5, 0.6) is 0 Å². The minimum absolute atomic E-state index is 0.0220. The third-order valence-corrected chi connectivity index (χ3v) is 4.09. The number of carboxylic acid groups (broad SMARTS) is 1. The zero-order valence-electron chi connectivity index (χ0n) is 12.1. The molecular weight excluding hydrogens is 246 g/mol. The van der Waals surface area contributed by atoms with Gasteiger partial charge >= 0.3 is 5.97 Å². The zero-order chi connectivity index (χ0) is 14.0. The lowest BCUT2D eigenvalue weighted by Gasteiger charge is -2.33. The van der Waals surface area contributed by atoms with Gasteiger partial charge in [-0.15, -0.1) is 0 Å². The first-order valence-electron chi connectivity index (χ1n) is 7.19. The second kappa shape index (κ2) is 5.77. The van der Waals surface area contributed by atoms with Crippen molar-refractivity contribution in [1.82, 2.24) is 4.90 Å². The van der Waals surface area contributed by atoms with Crippen LogP contribution in [-0.2, 0) is 14.3 Å². The van der Waals surface area contributed by atoms with Gasteiger partial charge in [0.1, 0.15) is 0 Å². The van der Waals surface area contributed by atoms with Crippen LogP contribution in [0, 0.1) is 0 Å². The highest BCUT2D eigenvalue weighted by Crippen LogP contribution is 2.34. The molecule has 0 saturated carbocycles. The molecule has 2 saturated heterocycles. The van der Waals surface area contributed by atoms with E-state index >= 15 is 0 Å². The molecule has 110 valence electrons. The minimum atomic E-state index is -0.831. The van der Waals surface area contributed by atoms with Gasteiger partial charge in [0.2, 0.25) is 0 Å². The number of carboxylic acids is 1. The molecule has 0 radical (unpaired) electrons. The maximum Gasteiger partial charge on any atom is 0.306 e. The van der Waals surface area contributed by atoms with Crippen molar-refractivity contribution in [3.8, 4) is 0 Å². The fraction of sp³-hybridized carbons (Fsp3) is 0.929. The van der Waals surface area contributed by atoms with Gasteiger partial charge in [-0.2, -0.15) is 0 Å². The average Bonchev–Trinajstić information content (AvgIpc) is 2.85. The van der Waals surface area contributed by atoms with E-state index < -0.39 is 11.8 Å². The molecule has 2 heterocycles. The van der Waals surface area contributed by atoms with Crippen molar-refractivity contribution in [1.29, 1.82) is 0 Å². The van der Waals surface area contributed by atoms with Gasteiger partial charge in [-0.1, -0.05) is 0 Å². The Morgan fingerprint density at radius 2 is 2.26 bits per heavy atom. The molecule has 2 fully saturated rings. The average molecular weight is 271 g/mol. The Balaban J connectivity index is 1.90. The first-order valence-corrected chi connectivity index (χ1v) is 7.19. The Labute approximate surface area is 114 Å². The van der Waals surface area contributed by atoms with E-state index in [0.717, 1.165) is 13.0 Å². The Bertz CT molecular complexity index is 333. The van der Waals surface area contributed by atoms with E-state index in [0.29, 0.717) is 18.7 Å². The molecule has 2 aliphatic heterocycles. The molecular formula is C14H25NO4. The largest absolute Gasteiger partial charge is 0.481 e. The molecule has 2 aliphatic rings. The lowest BCUT2D eigenvalue weighted by atomic mass is 10.0. The molecule has 0 aromatic rings. The van der Waals surface area contributed by atoms with Crippen LogP contribution in [0.3, 0.4) is 0 Å². The van der Waals surface area contributed by atoms with Gasteiger partial charge in [0.05, 0.1) is 19.1 Å². The zero-order valence-corrected chi connectivity index (χ0v) is 12.1. The Kier molecular flexibility index (Phi) is 4.48. The van der Waals surface area contributed by atoms with Gasteiger partial charge < -0.3 is 14.6 Å². The van der Waals surface area contributed by atoms with E-state index in [1.54, 1.807) is 0 Å². The topological polar surface area (TPSA) is 59.0 Å². The molecule has 1 N–H and O–H groups in total. The highest BCUT2D eigenvalue weighted by atomic mass is 16.7. The molecule has 2 rings (SSSR count). The number of rotatable bonds is 5. The number of hydrogen-bond acceptors (Lipinski definition) is 4. The minimum Gasteiger partial charge on any atom is -0.481 e. The number of carbonyl (C=O) groups is 1. The van der Waals surface area contributed by atoms with Crippen molar-refractivity contribution < 1.29 is 19.4 Å². The van der Waals surface area contributed by atoms with E-state index in [2.05, 4.69) is 18.7 Å². The van der Waals surface area contributed by atoms with Gasteiger partial charge in [-0.3, -0.25) is 9.69 Å². The van der Waals surface area contributed by atoms with E-state index in [4.69, 9.17) is 14.6 Å². The summed E-state index contributed by atoms with van der Waals surface area (Å²) in [6, 6.07) is 1.01. The molecule has 19 heavy (non-hydrogen) atoms. The predicted molar refractivity (Wildman–Crippen MR) is 71.0 cm³/mol. The molecule has 0 spiro atoms. The molecule has 0 amide bonds. The van der Waals surface area contributed by atoms with Crippen LogP contribution in [0.2, 0.25) is 0 Å². The van der Waals surface area contributed by atoms with E-state index in [-0.39, 0.29) is 12.5 Å². The second-order valence-electron chi connectivity index (χ2n) is 6.11. The third kappa shape index (κ3) is 3.68. The predicted octanol–water partition coefficient (Wildman–Crippen LogP) is 1.86. The van der Waals surface area contributed by atoms with Crippen molar-refractivity contribution in [2.75, 3.05) is 13.2 Å². The molecule has 3 atom stereocenters. The standard InChI is InChI=1S/C14H25NO4/c1-10(2)15-6-4-5-11(15)8-14(3)18-9-12(19-14)7-13(16)17/h10-12H,4-9H2,1-3H3,(H,16,17). The summed E-state index contributed by atoms with van der Waals surface area (Å²) in [7, 11) is 0. The fourth-order valence-electron chi connectivity index (χ4n) is 3.28. The lowest BCUT2D eigenvalue weighted by Crippen LogP contribution is -2.41. The molecule has 0 aliphatic carbocycles. The number of ether oxygens (including phenoxy) is 2. The monoisotopic (exact) mass is 271 g/mol. The van der Waals surface area contributed by atoms with Crippen molar-refractivity contribution in [3.63, 3.8) is 0 Å². The molecule has 5 nitrogen and oxygen atoms in total. The maximum absolute atomic E-state index is 10.7. The molecule has 0 aromatic carbocycles. The van der Waals surface area contributed by atoms with Crippen LogP contribution in [0.15, 0.2) is 0 Å². The molecule has 3 unspecified atom stereocenters. The normalized spacial score (nSPS) is 36.2. The quantitative estimate of drug-likeness (QED) is 0.827. The summed E-state index contributed by atoms with van der Waals surface area (Å²) in [4.78, 5) is 13.2. The summed E-state index contributed by atoms with van der Waals surface area (Å²) in [6.45, 7) is 7.88. The van der Waals surface area contributed by atoms with Crippen LogP contribution < -0.4 is 0 Å². The van der Waals surface area contributed by atoms with Crippen molar-refractivity contribution in [3.05, 3.63) is 0 Å². The summed E-state index contributed by atoms with van der Waals surface area (Å²) >= 11 is 0. The lowest BCUT2D eigenvalue weighted by molar-refractivity contribution is -0.170. The summed E-state index contributed by atoms with van der Waals surface area (Å²) < 4.78 is 11.6. The fourth-order valence-corrected chi connectivity index (χ4v) is 3.28. The second-order valence-corrected chi connectivity index (χ2v) is 6.11. The van der Waals surface area contributed by atoms with Gasteiger partial charge in [-0.25, -0.2) is 0 Å². The summed E-state index contributed by atoms with van der Waals surface area (Å²) in [6.07, 6.45) is 2.92. The Morgan fingerprint density at radius 1 is 1.53 bits per heavy atom. The number of likely N-dealkylation sites (tertiary alicyclic amines) is 1. The van der Waals surface area contributed by atoms with E-state index in [9.17, 15) is 4.79 Å². The Morgan fingerprint density at radius 3 is 2.89 bits per heavy atom. The first-order chi connectivity index (χ1) is 8.89. The highest BCUT2D eigenvalue weighted by Gasteiger charge is 2.42. The maximum atomic E-state index is 10.7. The summed E-state index contributed by atoms with van der Waals surface area (Å²) in [5.41, 5.74) is 0. The van der Waals surface area contributed by atoms with Crippen LogP contribution in [0.4, 0.5) is 0 Å². The van der Waals surface area contributed by atoms with Crippen LogP contribution in [-0.4, -0.2) is 53.1 Å². The van der Waals surface area contributed by atoms with E-state index in [1.807, 2.05) is 6.92 Å².